The maximum atomic E-state index is 13.3. The summed E-state index contributed by atoms with van der Waals surface area (Å²) in [5.74, 6) is -2.98. The number of rotatable bonds is 8. The molecule has 0 aliphatic rings. The van der Waals surface area contributed by atoms with Crippen LogP contribution in [-0.2, 0) is 14.3 Å². The Kier molecular flexibility index (Phi) is 7.15. The van der Waals surface area contributed by atoms with Gasteiger partial charge in [-0.3, -0.25) is 9.59 Å². The summed E-state index contributed by atoms with van der Waals surface area (Å²) < 4.78 is 30.9. The maximum Gasteiger partial charge on any atom is 0.307 e. The van der Waals surface area contributed by atoms with Gasteiger partial charge < -0.3 is 14.8 Å². The number of halogens is 2. The van der Waals surface area contributed by atoms with Crippen molar-refractivity contribution in [2.75, 3.05) is 13.2 Å². The van der Waals surface area contributed by atoms with Crippen molar-refractivity contribution in [1.82, 2.24) is 5.32 Å². The zero-order valence-corrected chi connectivity index (χ0v) is 12.2. The summed E-state index contributed by atoms with van der Waals surface area (Å²) in [4.78, 5) is 33.6. The van der Waals surface area contributed by atoms with Gasteiger partial charge in [0.1, 0.15) is 17.4 Å². The molecule has 7 heteroatoms. The topological polar surface area (TPSA) is 72.5 Å². The second-order valence-corrected chi connectivity index (χ2v) is 4.66. The summed E-state index contributed by atoms with van der Waals surface area (Å²) in [6.45, 7) is 1.56. The molecule has 0 saturated heterocycles. The smallest absolute Gasteiger partial charge is 0.307 e. The van der Waals surface area contributed by atoms with E-state index in [0.717, 1.165) is 12.1 Å². The molecule has 22 heavy (non-hydrogen) atoms. The SMILES string of the molecule is CC(=O)CCCOC(=O)CCNC(=O)c1ccc(F)cc1F. The van der Waals surface area contributed by atoms with E-state index in [4.69, 9.17) is 4.74 Å². The first-order valence-corrected chi connectivity index (χ1v) is 6.78. The number of carbonyl (C=O) groups is 3. The van der Waals surface area contributed by atoms with Crippen molar-refractivity contribution in [3.05, 3.63) is 35.4 Å². The van der Waals surface area contributed by atoms with Crippen molar-refractivity contribution in [3.8, 4) is 0 Å². The fraction of sp³-hybridized carbons (Fsp3) is 0.400. The van der Waals surface area contributed by atoms with Gasteiger partial charge in [-0.05, 0) is 25.5 Å². The highest BCUT2D eigenvalue weighted by Gasteiger charge is 2.12. The second kappa shape index (κ2) is 8.86. The molecule has 1 N–H and O–H groups in total. The van der Waals surface area contributed by atoms with Gasteiger partial charge in [-0.15, -0.1) is 0 Å². The van der Waals surface area contributed by atoms with Crippen LogP contribution >= 0.6 is 0 Å². The van der Waals surface area contributed by atoms with Crippen molar-refractivity contribution >= 4 is 17.7 Å². The molecule has 0 aliphatic carbocycles. The van der Waals surface area contributed by atoms with E-state index in [0.29, 0.717) is 18.9 Å². The van der Waals surface area contributed by atoms with Crippen molar-refractivity contribution in [2.24, 2.45) is 0 Å². The molecule has 0 spiro atoms. The third-order valence-electron chi connectivity index (χ3n) is 2.73. The molecule has 1 amide bonds. The van der Waals surface area contributed by atoms with E-state index in [1.165, 1.54) is 6.92 Å². The minimum atomic E-state index is -0.968. The Morgan fingerprint density at radius 2 is 1.91 bits per heavy atom. The van der Waals surface area contributed by atoms with Crippen LogP contribution in [0.4, 0.5) is 8.78 Å². The molecule has 0 heterocycles. The predicted molar refractivity (Wildman–Crippen MR) is 74.2 cm³/mol. The number of ketones is 1. The number of hydrogen-bond donors (Lipinski definition) is 1. The van der Waals surface area contributed by atoms with Gasteiger partial charge in [-0.2, -0.15) is 0 Å². The Bertz CT molecular complexity index is 560. The Balaban J connectivity index is 2.27. The monoisotopic (exact) mass is 313 g/mol. The second-order valence-electron chi connectivity index (χ2n) is 4.66. The molecule has 0 bridgehead atoms. The predicted octanol–water partition coefficient (Wildman–Crippen LogP) is 2.00. The van der Waals surface area contributed by atoms with E-state index < -0.39 is 23.5 Å². The van der Waals surface area contributed by atoms with Crippen LogP contribution in [-0.4, -0.2) is 30.8 Å². The molecule has 0 saturated carbocycles. The van der Waals surface area contributed by atoms with E-state index in [1.54, 1.807) is 0 Å². The first kappa shape index (κ1) is 17.7. The number of hydrogen-bond acceptors (Lipinski definition) is 4. The molecule has 0 aliphatic heterocycles. The molecular weight excluding hydrogens is 296 g/mol. The van der Waals surface area contributed by atoms with Gasteiger partial charge in [-0.1, -0.05) is 0 Å². The Morgan fingerprint density at radius 1 is 1.18 bits per heavy atom. The number of nitrogens with one attached hydrogen (secondary N) is 1. The molecular formula is C15H17F2NO4. The normalized spacial score (nSPS) is 10.1. The van der Waals surface area contributed by atoms with E-state index >= 15 is 0 Å². The van der Waals surface area contributed by atoms with Crippen molar-refractivity contribution in [2.45, 2.75) is 26.2 Å². The highest BCUT2D eigenvalue weighted by Crippen LogP contribution is 2.09. The van der Waals surface area contributed by atoms with Crippen LogP contribution in [0.3, 0.4) is 0 Å². The van der Waals surface area contributed by atoms with Crippen molar-refractivity contribution < 1.29 is 27.9 Å². The largest absolute Gasteiger partial charge is 0.466 e. The van der Waals surface area contributed by atoms with Crippen LogP contribution in [0.1, 0.15) is 36.5 Å². The van der Waals surface area contributed by atoms with Gasteiger partial charge in [0.15, 0.2) is 0 Å². The van der Waals surface area contributed by atoms with Crippen LogP contribution in [0.25, 0.3) is 0 Å². The number of ether oxygens (including phenoxy) is 1. The highest BCUT2D eigenvalue weighted by molar-refractivity contribution is 5.94. The molecule has 0 unspecified atom stereocenters. The van der Waals surface area contributed by atoms with E-state index in [9.17, 15) is 23.2 Å². The summed E-state index contributed by atoms with van der Waals surface area (Å²) in [5.41, 5.74) is -0.295. The molecule has 120 valence electrons. The number of carbonyl (C=O) groups excluding carboxylic acids is 3. The molecule has 0 radical (unpaired) electrons. The summed E-state index contributed by atoms with van der Waals surface area (Å²) in [7, 11) is 0. The Hall–Kier alpha value is -2.31. The lowest BCUT2D eigenvalue weighted by molar-refractivity contribution is -0.143. The minimum absolute atomic E-state index is 0.0182. The van der Waals surface area contributed by atoms with Crippen LogP contribution in [0.5, 0.6) is 0 Å². The minimum Gasteiger partial charge on any atom is -0.466 e. The summed E-state index contributed by atoms with van der Waals surface area (Å²) in [6.07, 6.45) is 0.719. The zero-order chi connectivity index (χ0) is 16.5. The van der Waals surface area contributed by atoms with Gasteiger partial charge in [0, 0.05) is 19.0 Å². The average Bonchev–Trinajstić information content (AvgIpc) is 2.43. The number of benzene rings is 1. The van der Waals surface area contributed by atoms with E-state index in [2.05, 4.69) is 5.32 Å². The lowest BCUT2D eigenvalue weighted by Gasteiger charge is -2.07. The zero-order valence-electron chi connectivity index (χ0n) is 12.2. The third kappa shape index (κ3) is 6.43. The van der Waals surface area contributed by atoms with Gasteiger partial charge in [0.05, 0.1) is 18.6 Å². The number of amides is 1. The lowest BCUT2D eigenvalue weighted by Crippen LogP contribution is -2.27. The van der Waals surface area contributed by atoms with Crippen LogP contribution in [0.2, 0.25) is 0 Å². The quantitative estimate of drug-likeness (QED) is 0.588. The maximum absolute atomic E-state index is 13.3. The molecule has 0 fully saturated rings. The van der Waals surface area contributed by atoms with Crippen LogP contribution in [0, 0.1) is 11.6 Å². The Morgan fingerprint density at radius 3 is 2.55 bits per heavy atom. The van der Waals surface area contributed by atoms with Gasteiger partial charge in [0.25, 0.3) is 5.91 Å². The average molecular weight is 313 g/mol. The van der Waals surface area contributed by atoms with Gasteiger partial charge >= 0.3 is 5.97 Å². The first-order valence-electron chi connectivity index (χ1n) is 6.78. The van der Waals surface area contributed by atoms with E-state index in [1.807, 2.05) is 0 Å². The lowest BCUT2D eigenvalue weighted by atomic mass is 10.2. The highest BCUT2D eigenvalue weighted by atomic mass is 19.1. The first-order chi connectivity index (χ1) is 10.4. The molecule has 5 nitrogen and oxygen atoms in total. The summed E-state index contributed by atoms with van der Waals surface area (Å²) >= 11 is 0. The molecule has 0 atom stereocenters. The summed E-state index contributed by atoms with van der Waals surface area (Å²) in [6, 6.07) is 2.61. The van der Waals surface area contributed by atoms with Crippen molar-refractivity contribution in [1.29, 1.82) is 0 Å². The van der Waals surface area contributed by atoms with Crippen molar-refractivity contribution in [3.63, 3.8) is 0 Å². The molecule has 1 aromatic carbocycles. The third-order valence-corrected chi connectivity index (χ3v) is 2.73. The van der Waals surface area contributed by atoms with E-state index in [-0.39, 0.29) is 30.9 Å². The van der Waals surface area contributed by atoms with Gasteiger partial charge in [-0.25, -0.2) is 8.78 Å². The van der Waals surface area contributed by atoms with Crippen LogP contribution < -0.4 is 5.32 Å². The molecule has 1 rings (SSSR count). The van der Waals surface area contributed by atoms with Gasteiger partial charge in [0.2, 0.25) is 0 Å². The summed E-state index contributed by atoms with van der Waals surface area (Å²) in [5, 5.41) is 2.34. The number of Topliss-reactive ketones (excluding diaryl/α,β-unsaturated/α-hetero) is 1. The van der Waals surface area contributed by atoms with Crippen LogP contribution in [0.15, 0.2) is 18.2 Å². The molecule has 1 aromatic rings. The fourth-order valence-electron chi connectivity index (χ4n) is 1.63. The Labute approximate surface area is 126 Å². The fourth-order valence-corrected chi connectivity index (χ4v) is 1.63. The number of esters is 1. The molecule has 0 aromatic heterocycles. The standard InChI is InChI=1S/C15H17F2NO4/c1-10(19)3-2-8-22-14(20)6-7-18-15(21)12-5-4-11(16)9-13(12)17/h4-5,9H,2-3,6-8H2,1H3,(H,18,21).